The highest BCUT2D eigenvalue weighted by molar-refractivity contribution is 5.94. The van der Waals surface area contributed by atoms with Gasteiger partial charge < -0.3 is 10.3 Å². The molecule has 0 aromatic carbocycles. The zero-order chi connectivity index (χ0) is 14.1. The zero-order valence-corrected chi connectivity index (χ0v) is 11.6. The monoisotopic (exact) mass is 267 g/mol. The molecular formula is C15H17N5. The van der Waals surface area contributed by atoms with Gasteiger partial charge in [0.25, 0.3) is 0 Å². The first-order valence-corrected chi connectivity index (χ1v) is 6.74. The Bertz CT molecular complexity index is 747. The van der Waals surface area contributed by atoms with E-state index in [9.17, 15) is 0 Å². The fourth-order valence-electron chi connectivity index (χ4n) is 2.39. The van der Waals surface area contributed by atoms with Gasteiger partial charge in [-0.2, -0.15) is 0 Å². The first-order chi connectivity index (χ1) is 9.70. The van der Waals surface area contributed by atoms with Crippen molar-refractivity contribution in [2.24, 2.45) is 0 Å². The smallest absolute Gasteiger partial charge is 0.220 e. The predicted molar refractivity (Wildman–Crippen MR) is 80.2 cm³/mol. The van der Waals surface area contributed by atoms with Crippen LogP contribution in [-0.4, -0.2) is 19.5 Å². The summed E-state index contributed by atoms with van der Waals surface area (Å²) in [6, 6.07) is 4.31. The van der Waals surface area contributed by atoms with Crippen molar-refractivity contribution >= 4 is 16.9 Å². The molecule has 5 heteroatoms. The Morgan fingerprint density at radius 1 is 1.30 bits per heavy atom. The maximum Gasteiger partial charge on any atom is 0.220 e. The highest BCUT2D eigenvalue weighted by Gasteiger charge is 2.14. The van der Waals surface area contributed by atoms with Gasteiger partial charge in [-0.25, -0.2) is 9.97 Å². The van der Waals surface area contributed by atoms with Gasteiger partial charge in [0.1, 0.15) is 0 Å². The van der Waals surface area contributed by atoms with Crippen LogP contribution in [0.2, 0.25) is 0 Å². The summed E-state index contributed by atoms with van der Waals surface area (Å²) in [7, 11) is 0. The minimum Gasteiger partial charge on any atom is -0.368 e. The molecule has 3 rings (SSSR count). The second-order valence-electron chi connectivity index (χ2n) is 4.90. The van der Waals surface area contributed by atoms with Crippen molar-refractivity contribution in [1.82, 2.24) is 19.5 Å². The number of nitrogens with zero attached hydrogens (tertiary/aromatic N) is 4. The van der Waals surface area contributed by atoms with Crippen LogP contribution in [0.3, 0.4) is 0 Å². The molecule has 0 fully saturated rings. The van der Waals surface area contributed by atoms with E-state index >= 15 is 0 Å². The molecule has 3 heterocycles. The van der Waals surface area contributed by atoms with Crippen LogP contribution in [0, 0.1) is 0 Å². The molecule has 3 aromatic rings. The fourth-order valence-corrected chi connectivity index (χ4v) is 2.39. The Morgan fingerprint density at radius 3 is 2.90 bits per heavy atom. The number of nitrogen functional groups attached to an aromatic ring is 1. The van der Waals surface area contributed by atoms with E-state index in [0.29, 0.717) is 12.0 Å². The van der Waals surface area contributed by atoms with E-state index in [-0.39, 0.29) is 0 Å². The summed E-state index contributed by atoms with van der Waals surface area (Å²) in [6.45, 7) is 4.37. The molecule has 0 aliphatic heterocycles. The number of hydrogen-bond acceptors (Lipinski definition) is 4. The molecule has 0 saturated carbocycles. The van der Waals surface area contributed by atoms with E-state index in [4.69, 9.17) is 5.73 Å². The molecule has 3 aromatic heterocycles. The van der Waals surface area contributed by atoms with Gasteiger partial charge in [0.2, 0.25) is 5.95 Å². The van der Waals surface area contributed by atoms with Crippen molar-refractivity contribution in [3.63, 3.8) is 0 Å². The minimum absolute atomic E-state index is 0.293. The van der Waals surface area contributed by atoms with Gasteiger partial charge in [0.15, 0.2) is 0 Å². The third-order valence-corrected chi connectivity index (χ3v) is 3.65. The molecule has 1 unspecified atom stereocenters. The molecule has 0 aliphatic carbocycles. The third-order valence-electron chi connectivity index (χ3n) is 3.65. The SMILES string of the molecule is CCC(C)n1cc(-c2ccnc(N)n2)c2ccncc21. The number of anilines is 1. The molecule has 20 heavy (non-hydrogen) atoms. The Hall–Kier alpha value is -2.43. The molecule has 5 nitrogen and oxygen atoms in total. The number of nitrogens with two attached hydrogens (primary N) is 1. The molecule has 0 aliphatic rings. The van der Waals surface area contributed by atoms with Crippen molar-refractivity contribution < 1.29 is 0 Å². The van der Waals surface area contributed by atoms with Crippen LogP contribution in [0.5, 0.6) is 0 Å². The summed E-state index contributed by atoms with van der Waals surface area (Å²) in [5.74, 6) is 0.293. The van der Waals surface area contributed by atoms with Crippen LogP contribution in [0.25, 0.3) is 22.2 Å². The first kappa shape index (κ1) is 12.6. The Morgan fingerprint density at radius 2 is 2.15 bits per heavy atom. The maximum absolute atomic E-state index is 5.69. The molecule has 0 radical (unpaired) electrons. The van der Waals surface area contributed by atoms with E-state index in [1.54, 1.807) is 12.4 Å². The summed E-state index contributed by atoms with van der Waals surface area (Å²) < 4.78 is 2.25. The molecule has 2 N–H and O–H groups in total. The fraction of sp³-hybridized carbons (Fsp3) is 0.267. The maximum atomic E-state index is 5.69. The van der Waals surface area contributed by atoms with Crippen molar-refractivity contribution in [3.05, 3.63) is 36.9 Å². The summed E-state index contributed by atoms with van der Waals surface area (Å²) in [6.07, 6.45) is 8.57. The Kier molecular flexibility index (Phi) is 3.10. The van der Waals surface area contributed by atoms with Gasteiger partial charge >= 0.3 is 0 Å². The quantitative estimate of drug-likeness (QED) is 0.791. The van der Waals surface area contributed by atoms with Crippen LogP contribution in [0.1, 0.15) is 26.3 Å². The van der Waals surface area contributed by atoms with E-state index in [0.717, 1.165) is 28.6 Å². The van der Waals surface area contributed by atoms with E-state index in [1.807, 2.05) is 18.3 Å². The van der Waals surface area contributed by atoms with Crippen LogP contribution >= 0.6 is 0 Å². The second-order valence-corrected chi connectivity index (χ2v) is 4.90. The summed E-state index contributed by atoms with van der Waals surface area (Å²) in [5, 5.41) is 1.14. The van der Waals surface area contributed by atoms with Gasteiger partial charge in [0, 0.05) is 35.6 Å². The highest BCUT2D eigenvalue weighted by atomic mass is 15.0. The van der Waals surface area contributed by atoms with Gasteiger partial charge in [0.05, 0.1) is 17.4 Å². The number of pyridine rings is 1. The predicted octanol–water partition coefficient (Wildman–Crippen LogP) is 3.05. The zero-order valence-electron chi connectivity index (χ0n) is 11.6. The van der Waals surface area contributed by atoms with Crippen molar-refractivity contribution in [3.8, 4) is 11.3 Å². The first-order valence-electron chi connectivity index (χ1n) is 6.74. The van der Waals surface area contributed by atoms with Gasteiger partial charge in [-0.15, -0.1) is 0 Å². The molecule has 0 bridgehead atoms. The molecule has 0 saturated heterocycles. The Labute approximate surface area is 117 Å². The highest BCUT2D eigenvalue weighted by Crippen LogP contribution is 2.31. The topological polar surface area (TPSA) is 69.6 Å². The lowest BCUT2D eigenvalue weighted by atomic mass is 10.1. The van der Waals surface area contributed by atoms with E-state index in [2.05, 4.69) is 39.6 Å². The van der Waals surface area contributed by atoms with Crippen LogP contribution in [0.15, 0.2) is 36.9 Å². The van der Waals surface area contributed by atoms with Crippen LogP contribution in [0.4, 0.5) is 5.95 Å². The van der Waals surface area contributed by atoms with Crippen LogP contribution < -0.4 is 5.73 Å². The summed E-state index contributed by atoms with van der Waals surface area (Å²) in [4.78, 5) is 12.5. The Balaban J connectivity index is 2.26. The standard InChI is InChI=1S/C15H17N5/c1-3-10(2)20-9-12(11-4-6-17-8-14(11)20)13-5-7-18-15(16)19-13/h4-10H,3H2,1-2H3,(H2,16,18,19). The average molecular weight is 267 g/mol. The molecule has 1 atom stereocenters. The third kappa shape index (κ3) is 2.01. The molecule has 0 spiro atoms. The second kappa shape index (κ2) is 4.92. The van der Waals surface area contributed by atoms with Crippen molar-refractivity contribution in [2.75, 3.05) is 5.73 Å². The molecule has 102 valence electrons. The van der Waals surface area contributed by atoms with E-state index < -0.39 is 0 Å². The molecular weight excluding hydrogens is 250 g/mol. The minimum atomic E-state index is 0.293. The van der Waals surface area contributed by atoms with E-state index in [1.165, 1.54) is 0 Å². The van der Waals surface area contributed by atoms with Gasteiger partial charge in [-0.3, -0.25) is 4.98 Å². The largest absolute Gasteiger partial charge is 0.368 e. The van der Waals surface area contributed by atoms with Crippen LogP contribution in [-0.2, 0) is 0 Å². The van der Waals surface area contributed by atoms with Gasteiger partial charge in [-0.1, -0.05) is 6.92 Å². The lowest BCUT2D eigenvalue weighted by Crippen LogP contribution is -2.01. The molecule has 0 amide bonds. The lowest BCUT2D eigenvalue weighted by molar-refractivity contribution is 0.548. The normalized spacial score (nSPS) is 12.7. The van der Waals surface area contributed by atoms with Crippen molar-refractivity contribution in [1.29, 1.82) is 0 Å². The number of aromatic nitrogens is 4. The van der Waals surface area contributed by atoms with Gasteiger partial charge in [-0.05, 0) is 25.5 Å². The number of rotatable bonds is 3. The van der Waals surface area contributed by atoms with Crippen molar-refractivity contribution in [2.45, 2.75) is 26.3 Å². The number of hydrogen-bond donors (Lipinski definition) is 1. The summed E-state index contributed by atoms with van der Waals surface area (Å²) in [5.41, 5.74) is 8.72. The average Bonchev–Trinajstić information content (AvgIpc) is 2.86. The summed E-state index contributed by atoms with van der Waals surface area (Å²) >= 11 is 0. The lowest BCUT2D eigenvalue weighted by Gasteiger charge is -2.11. The number of fused-ring (bicyclic) bond motifs is 1.